The van der Waals surface area contributed by atoms with Crippen LogP contribution in [0.2, 0.25) is 10.3 Å². The minimum atomic E-state index is 0.319. The minimum Gasteiger partial charge on any atom is -0.202 e. The van der Waals surface area contributed by atoms with Gasteiger partial charge < -0.3 is 0 Å². The lowest BCUT2D eigenvalue weighted by molar-refractivity contribution is 0.748. The molecule has 0 radical (unpaired) electrons. The second kappa shape index (κ2) is 4.39. The van der Waals surface area contributed by atoms with Gasteiger partial charge in [0.05, 0.1) is 5.69 Å². The fraction of sp³-hybridized carbons (Fsp3) is 0.300. The summed E-state index contributed by atoms with van der Waals surface area (Å²) in [6, 6.07) is 5.19. The van der Waals surface area contributed by atoms with Crippen LogP contribution in [-0.4, -0.2) is 20.0 Å². The van der Waals surface area contributed by atoms with Gasteiger partial charge in [-0.05, 0) is 24.1 Å². The predicted octanol–water partition coefficient (Wildman–Crippen LogP) is 3.09. The highest BCUT2D eigenvalue weighted by atomic mass is 35.5. The van der Waals surface area contributed by atoms with E-state index in [-0.39, 0.29) is 0 Å². The maximum atomic E-state index is 6.06. The predicted molar refractivity (Wildman–Crippen MR) is 63.3 cm³/mol. The van der Waals surface area contributed by atoms with Crippen LogP contribution in [0.25, 0.3) is 5.82 Å². The molecule has 2 rings (SSSR count). The van der Waals surface area contributed by atoms with Gasteiger partial charge in [0.1, 0.15) is 5.15 Å². The molecule has 0 spiro atoms. The molecule has 0 bridgehead atoms. The van der Waals surface area contributed by atoms with Gasteiger partial charge in [-0.15, -0.1) is 10.2 Å². The maximum Gasteiger partial charge on any atom is 0.177 e. The first-order valence-electron chi connectivity index (χ1n) is 4.83. The molecule has 0 aliphatic heterocycles. The zero-order valence-corrected chi connectivity index (χ0v) is 10.4. The highest BCUT2D eigenvalue weighted by Gasteiger charge is 2.11. The third kappa shape index (κ3) is 2.18. The van der Waals surface area contributed by atoms with Gasteiger partial charge in [-0.3, -0.25) is 0 Å². The average Bonchev–Trinajstić information content (AvgIpc) is 2.62. The molecule has 84 valence electrons. The highest BCUT2D eigenvalue weighted by molar-refractivity contribution is 6.30. The molecule has 0 aromatic carbocycles. The maximum absolute atomic E-state index is 6.06. The summed E-state index contributed by atoms with van der Waals surface area (Å²) >= 11 is 11.7. The highest BCUT2D eigenvalue weighted by Crippen LogP contribution is 2.20. The van der Waals surface area contributed by atoms with Crippen molar-refractivity contribution in [1.29, 1.82) is 0 Å². The molecule has 2 heterocycles. The lowest BCUT2D eigenvalue weighted by Gasteiger charge is -2.01. The fourth-order valence-corrected chi connectivity index (χ4v) is 1.58. The largest absolute Gasteiger partial charge is 0.202 e. The molecule has 16 heavy (non-hydrogen) atoms. The third-order valence-electron chi connectivity index (χ3n) is 2.11. The zero-order valence-electron chi connectivity index (χ0n) is 8.85. The molecule has 0 saturated heterocycles. The lowest BCUT2D eigenvalue weighted by Crippen LogP contribution is -2.02. The van der Waals surface area contributed by atoms with Gasteiger partial charge in [-0.2, -0.15) is 5.10 Å². The van der Waals surface area contributed by atoms with Crippen molar-refractivity contribution < 1.29 is 0 Å². The Hall–Kier alpha value is -1.13. The van der Waals surface area contributed by atoms with Crippen LogP contribution in [-0.2, 0) is 0 Å². The van der Waals surface area contributed by atoms with Crippen LogP contribution in [0.3, 0.4) is 0 Å². The Bertz CT molecular complexity index is 490. The van der Waals surface area contributed by atoms with E-state index in [1.54, 1.807) is 16.8 Å². The van der Waals surface area contributed by atoms with Crippen molar-refractivity contribution >= 4 is 23.2 Å². The molecule has 4 nitrogen and oxygen atoms in total. The van der Waals surface area contributed by atoms with Crippen molar-refractivity contribution in [2.75, 3.05) is 0 Å². The van der Waals surface area contributed by atoms with Gasteiger partial charge in [-0.1, -0.05) is 37.0 Å². The fourth-order valence-electron chi connectivity index (χ4n) is 1.24. The van der Waals surface area contributed by atoms with E-state index in [4.69, 9.17) is 23.2 Å². The molecule has 0 fully saturated rings. The summed E-state index contributed by atoms with van der Waals surface area (Å²) in [6.07, 6.45) is 0. The molecule has 0 aliphatic carbocycles. The van der Waals surface area contributed by atoms with Gasteiger partial charge in [-0.25, -0.2) is 4.68 Å². The van der Waals surface area contributed by atoms with Crippen molar-refractivity contribution in [3.05, 3.63) is 34.2 Å². The minimum absolute atomic E-state index is 0.319. The van der Waals surface area contributed by atoms with Gasteiger partial charge >= 0.3 is 0 Å². The molecular weight excluding hydrogens is 247 g/mol. The van der Waals surface area contributed by atoms with Crippen molar-refractivity contribution in [2.24, 2.45) is 0 Å². The molecule has 2 aromatic rings. The quantitative estimate of drug-likeness (QED) is 0.830. The SMILES string of the molecule is CC(C)c1cc(Cl)n(-c2ccc(Cl)nn2)n1. The van der Waals surface area contributed by atoms with Crippen molar-refractivity contribution in [2.45, 2.75) is 19.8 Å². The zero-order chi connectivity index (χ0) is 11.7. The molecule has 0 atom stereocenters. The van der Waals surface area contributed by atoms with E-state index >= 15 is 0 Å². The first-order valence-corrected chi connectivity index (χ1v) is 5.58. The Morgan fingerprint density at radius 1 is 1.19 bits per heavy atom. The molecule has 0 N–H and O–H groups in total. The van der Waals surface area contributed by atoms with Crippen LogP contribution in [0, 0.1) is 0 Å². The van der Waals surface area contributed by atoms with Crippen LogP contribution >= 0.6 is 23.2 Å². The summed E-state index contributed by atoms with van der Waals surface area (Å²) < 4.78 is 1.54. The third-order valence-corrected chi connectivity index (χ3v) is 2.58. The number of halogens is 2. The van der Waals surface area contributed by atoms with Crippen molar-refractivity contribution in [1.82, 2.24) is 20.0 Å². The standard InChI is InChI=1S/C10H10Cl2N4/c1-6(2)7-5-9(12)16(15-7)10-4-3-8(11)13-14-10/h3-6H,1-2H3. The van der Waals surface area contributed by atoms with Gasteiger partial charge in [0, 0.05) is 0 Å². The molecule has 2 aromatic heterocycles. The van der Waals surface area contributed by atoms with E-state index in [0.717, 1.165) is 5.69 Å². The van der Waals surface area contributed by atoms with E-state index in [1.165, 1.54) is 0 Å². The van der Waals surface area contributed by atoms with E-state index in [2.05, 4.69) is 29.1 Å². The number of rotatable bonds is 2. The second-order valence-corrected chi connectivity index (χ2v) is 4.45. The first kappa shape index (κ1) is 11.4. The van der Waals surface area contributed by atoms with E-state index < -0.39 is 0 Å². The van der Waals surface area contributed by atoms with Crippen molar-refractivity contribution in [3.63, 3.8) is 0 Å². The molecule has 6 heteroatoms. The van der Waals surface area contributed by atoms with E-state index in [9.17, 15) is 0 Å². The normalized spacial score (nSPS) is 11.1. The summed E-state index contributed by atoms with van der Waals surface area (Å²) in [5.41, 5.74) is 0.918. The van der Waals surface area contributed by atoms with Crippen LogP contribution in [0.1, 0.15) is 25.5 Å². The summed E-state index contributed by atoms with van der Waals surface area (Å²) in [4.78, 5) is 0. The molecule has 0 unspecified atom stereocenters. The Morgan fingerprint density at radius 3 is 2.44 bits per heavy atom. The second-order valence-electron chi connectivity index (χ2n) is 3.67. The molecular formula is C10H10Cl2N4. The Labute approximate surface area is 103 Å². The van der Waals surface area contributed by atoms with Crippen LogP contribution in [0.5, 0.6) is 0 Å². The monoisotopic (exact) mass is 256 g/mol. The van der Waals surface area contributed by atoms with Crippen LogP contribution in [0.15, 0.2) is 18.2 Å². The molecule has 0 amide bonds. The summed E-state index contributed by atoms with van der Waals surface area (Å²) in [6.45, 7) is 4.10. The number of hydrogen-bond donors (Lipinski definition) is 0. The lowest BCUT2D eigenvalue weighted by atomic mass is 10.1. The number of aromatic nitrogens is 4. The topological polar surface area (TPSA) is 43.6 Å². The van der Waals surface area contributed by atoms with Gasteiger partial charge in [0.15, 0.2) is 11.0 Å². The van der Waals surface area contributed by atoms with Crippen LogP contribution < -0.4 is 0 Å². The van der Waals surface area contributed by atoms with E-state index in [1.807, 2.05) is 6.07 Å². The number of nitrogens with zero attached hydrogens (tertiary/aromatic N) is 4. The van der Waals surface area contributed by atoms with Gasteiger partial charge in [0.2, 0.25) is 0 Å². The van der Waals surface area contributed by atoms with Crippen molar-refractivity contribution in [3.8, 4) is 5.82 Å². The van der Waals surface area contributed by atoms with Crippen LogP contribution in [0.4, 0.5) is 0 Å². The molecule has 0 aliphatic rings. The summed E-state index contributed by atoms with van der Waals surface area (Å²) in [7, 11) is 0. The van der Waals surface area contributed by atoms with Gasteiger partial charge in [0.25, 0.3) is 0 Å². The summed E-state index contributed by atoms with van der Waals surface area (Å²) in [5.74, 6) is 0.875. The molecule has 0 saturated carbocycles. The van der Waals surface area contributed by atoms with E-state index in [0.29, 0.717) is 22.0 Å². The Balaban J connectivity index is 2.44. The Kier molecular flexibility index (Phi) is 3.12. The Morgan fingerprint density at radius 2 is 1.94 bits per heavy atom. The first-order chi connectivity index (χ1) is 7.58. The summed E-state index contributed by atoms with van der Waals surface area (Å²) in [5, 5.41) is 12.9. The number of hydrogen-bond acceptors (Lipinski definition) is 3. The average molecular weight is 257 g/mol. The smallest absolute Gasteiger partial charge is 0.177 e.